The Balaban J connectivity index is 1.22. The number of benzene rings is 2. The smallest absolute Gasteiger partial charge is 0.253 e. The van der Waals surface area contributed by atoms with Crippen LogP contribution in [0.5, 0.6) is 0 Å². The van der Waals surface area contributed by atoms with Crippen LogP contribution < -0.4 is 4.72 Å². The molecule has 0 aromatic heterocycles. The molecule has 0 saturated carbocycles. The fraction of sp³-hybridized carbons (Fsp3) is 0.500. The molecule has 3 saturated heterocycles. The summed E-state index contributed by atoms with van der Waals surface area (Å²) in [6.45, 7) is 4.01. The normalized spacial score (nSPS) is 23.3. The van der Waals surface area contributed by atoms with Crippen molar-refractivity contribution in [3.8, 4) is 0 Å². The molecule has 204 valence electrons. The first kappa shape index (κ1) is 26.9. The average Bonchev–Trinajstić information content (AvgIpc) is 3.57. The van der Waals surface area contributed by atoms with Crippen LogP contribution in [0.4, 0.5) is 0 Å². The van der Waals surface area contributed by atoms with Crippen LogP contribution in [0.2, 0.25) is 5.02 Å². The van der Waals surface area contributed by atoms with Crippen molar-refractivity contribution in [1.29, 1.82) is 0 Å². The third-order valence-electron chi connectivity index (χ3n) is 7.52. The minimum absolute atomic E-state index is 0.0460. The first-order valence-electron chi connectivity index (χ1n) is 12.9. The molecule has 3 heterocycles. The van der Waals surface area contributed by atoms with E-state index >= 15 is 0 Å². The van der Waals surface area contributed by atoms with Gasteiger partial charge in [0.05, 0.1) is 18.0 Å². The lowest BCUT2D eigenvalue weighted by atomic mass is 10.1. The molecule has 3 atom stereocenters. The summed E-state index contributed by atoms with van der Waals surface area (Å²) in [5, 5.41) is 2.07. The number of nitrogens with zero attached hydrogens (tertiary/aromatic N) is 3. The number of halogens is 1. The molecule has 2 unspecified atom stereocenters. The van der Waals surface area contributed by atoms with Gasteiger partial charge >= 0.3 is 0 Å². The van der Waals surface area contributed by atoms with Gasteiger partial charge in [-0.3, -0.25) is 14.4 Å². The van der Waals surface area contributed by atoms with Crippen LogP contribution in [0.15, 0.2) is 41.3 Å². The van der Waals surface area contributed by atoms with Gasteiger partial charge in [0.2, 0.25) is 21.8 Å². The van der Waals surface area contributed by atoms with Crippen LogP contribution in [0, 0.1) is 0 Å². The molecule has 12 heteroatoms. The van der Waals surface area contributed by atoms with E-state index in [1.807, 2.05) is 0 Å². The highest BCUT2D eigenvalue weighted by molar-refractivity contribution is 7.89. The highest BCUT2D eigenvalue weighted by atomic mass is 35.5. The Labute approximate surface area is 226 Å². The van der Waals surface area contributed by atoms with Crippen molar-refractivity contribution in [2.75, 3.05) is 39.3 Å². The van der Waals surface area contributed by atoms with E-state index in [0.29, 0.717) is 30.0 Å². The van der Waals surface area contributed by atoms with Gasteiger partial charge in [0.1, 0.15) is 12.1 Å². The number of ether oxygens (including phenoxy) is 1. The molecule has 0 radical (unpaired) electrons. The fourth-order valence-electron chi connectivity index (χ4n) is 5.35. The molecule has 0 aliphatic carbocycles. The zero-order valence-electron chi connectivity index (χ0n) is 21.1. The Morgan fingerprint density at radius 2 is 1.74 bits per heavy atom. The van der Waals surface area contributed by atoms with Crippen molar-refractivity contribution < 1.29 is 27.5 Å². The van der Waals surface area contributed by atoms with Gasteiger partial charge in [-0.2, -0.15) is 4.72 Å². The molecule has 5 rings (SSSR count). The van der Waals surface area contributed by atoms with E-state index in [0.717, 1.165) is 18.2 Å². The molecular weight excluding hydrogens is 532 g/mol. The predicted molar refractivity (Wildman–Crippen MR) is 141 cm³/mol. The van der Waals surface area contributed by atoms with Gasteiger partial charge in [0, 0.05) is 31.2 Å². The number of morpholine rings is 1. The lowest BCUT2D eigenvalue weighted by Crippen LogP contribution is -2.56. The van der Waals surface area contributed by atoms with Gasteiger partial charge in [-0.25, -0.2) is 8.42 Å². The van der Waals surface area contributed by atoms with E-state index < -0.39 is 34.1 Å². The van der Waals surface area contributed by atoms with Gasteiger partial charge in [0.15, 0.2) is 6.10 Å². The van der Waals surface area contributed by atoms with E-state index in [1.54, 1.807) is 41.0 Å². The third-order valence-corrected chi connectivity index (χ3v) is 9.22. The SMILES string of the molecule is C[C@@H](C(=O)N1CCOC(C(=O)N2CCCC2)C1)N1CCC(NS(=O)(=O)c2ccc3cc(Cl)ccc3c2)C1=O. The predicted octanol–water partition coefficient (Wildman–Crippen LogP) is 1.61. The molecule has 3 aliphatic heterocycles. The molecule has 3 amide bonds. The van der Waals surface area contributed by atoms with Crippen LogP contribution >= 0.6 is 11.6 Å². The standard InChI is InChI=1S/C26H31ClN4O6S/c1-17(24(32)30-12-13-37-23(16-30)26(34)29-9-2-3-10-29)31-11-8-22(25(31)33)28-38(35,36)21-7-5-18-14-20(27)6-4-19(18)15-21/h4-7,14-15,17,22-23,28H,2-3,8-13,16H2,1H3/t17-,22?,23?/m0/s1. The maximum atomic E-state index is 13.3. The van der Waals surface area contributed by atoms with E-state index in [2.05, 4.69) is 4.72 Å². The van der Waals surface area contributed by atoms with Gasteiger partial charge in [-0.15, -0.1) is 0 Å². The minimum Gasteiger partial charge on any atom is -0.365 e. The Morgan fingerprint density at radius 3 is 2.50 bits per heavy atom. The van der Waals surface area contributed by atoms with Crippen LogP contribution in [0.1, 0.15) is 26.2 Å². The third kappa shape index (κ3) is 5.38. The highest BCUT2D eigenvalue weighted by Crippen LogP contribution is 2.24. The van der Waals surface area contributed by atoms with Gasteiger partial charge in [-0.05, 0) is 61.2 Å². The van der Waals surface area contributed by atoms with E-state index in [9.17, 15) is 22.8 Å². The molecule has 38 heavy (non-hydrogen) atoms. The number of sulfonamides is 1. The molecule has 2 aromatic carbocycles. The maximum Gasteiger partial charge on any atom is 0.253 e. The van der Waals surface area contributed by atoms with Gasteiger partial charge < -0.3 is 19.4 Å². The largest absolute Gasteiger partial charge is 0.365 e. The maximum absolute atomic E-state index is 13.3. The Bertz CT molecular complexity index is 1360. The van der Waals surface area contributed by atoms with E-state index in [4.69, 9.17) is 16.3 Å². The molecule has 2 aromatic rings. The summed E-state index contributed by atoms with van der Waals surface area (Å²) >= 11 is 6.01. The number of hydrogen-bond acceptors (Lipinski definition) is 6. The van der Waals surface area contributed by atoms with Crippen molar-refractivity contribution in [1.82, 2.24) is 19.4 Å². The molecule has 1 N–H and O–H groups in total. The number of carbonyl (C=O) groups excluding carboxylic acids is 3. The molecule has 0 spiro atoms. The number of amides is 3. The number of rotatable bonds is 6. The van der Waals surface area contributed by atoms with Crippen molar-refractivity contribution in [2.24, 2.45) is 0 Å². The highest BCUT2D eigenvalue weighted by Gasteiger charge is 2.41. The molecular formula is C26H31ClN4O6S. The number of likely N-dealkylation sites (tertiary alicyclic amines) is 2. The zero-order valence-corrected chi connectivity index (χ0v) is 22.7. The van der Waals surface area contributed by atoms with Crippen molar-refractivity contribution in [2.45, 2.75) is 49.3 Å². The summed E-state index contributed by atoms with van der Waals surface area (Å²) in [6, 6.07) is 8.09. The van der Waals surface area contributed by atoms with Crippen molar-refractivity contribution in [3.63, 3.8) is 0 Å². The fourth-order valence-corrected chi connectivity index (χ4v) is 6.79. The zero-order chi connectivity index (χ0) is 27.0. The van der Waals surface area contributed by atoms with Crippen molar-refractivity contribution in [3.05, 3.63) is 41.4 Å². The number of carbonyl (C=O) groups is 3. The Kier molecular flexibility index (Phi) is 7.63. The summed E-state index contributed by atoms with van der Waals surface area (Å²) in [5.41, 5.74) is 0. The monoisotopic (exact) mass is 562 g/mol. The van der Waals surface area contributed by atoms with Crippen molar-refractivity contribution >= 4 is 50.1 Å². The van der Waals surface area contributed by atoms with Crippen LogP contribution in [0.25, 0.3) is 10.8 Å². The van der Waals surface area contributed by atoms with E-state index in [-0.39, 0.29) is 42.8 Å². The topological polar surface area (TPSA) is 116 Å². The second-order valence-corrected chi connectivity index (χ2v) is 12.1. The molecule has 3 fully saturated rings. The number of fused-ring (bicyclic) bond motifs is 1. The summed E-state index contributed by atoms with van der Waals surface area (Å²) in [5.74, 6) is -0.825. The molecule has 10 nitrogen and oxygen atoms in total. The summed E-state index contributed by atoms with van der Waals surface area (Å²) in [4.78, 5) is 44.0. The first-order valence-corrected chi connectivity index (χ1v) is 14.7. The number of hydrogen-bond donors (Lipinski definition) is 1. The second kappa shape index (κ2) is 10.8. The second-order valence-electron chi connectivity index (χ2n) is 10.00. The first-order chi connectivity index (χ1) is 18.1. The lowest BCUT2D eigenvalue weighted by Gasteiger charge is -2.36. The van der Waals surface area contributed by atoms with Crippen LogP contribution in [-0.4, -0.2) is 98.4 Å². The van der Waals surface area contributed by atoms with Gasteiger partial charge in [-0.1, -0.05) is 23.7 Å². The summed E-state index contributed by atoms with van der Waals surface area (Å²) in [6.07, 6.45) is 1.48. The van der Waals surface area contributed by atoms with Gasteiger partial charge in [0.25, 0.3) is 5.91 Å². The molecule has 0 bridgehead atoms. The summed E-state index contributed by atoms with van der Waals surface area (Å²) in [7, 11) is -3.98. The Hall–Kier alpha value is -2.73. The Morgan fingerprint density at radius 1 is 1.03 bits per heavy atom. The van der Waals surface area contributed by atoms with Crippen LogP contribution in [-0.2, 0) is 29.1 Å². The molecule has 3 aliphatic rings. The average molecular weight is 563 g/mol. The van der Waals surface area contributed by atoms with E-state index in [1.165, 1.54) is 17.0 Å². The quantitative estimate of drug-likeness (QED) is 0.572. The number of nitrogens with one attached hydrogen (secondary N) is 1. The minimum atomic E-state index is -3.98. The lowest BCUT2D eigenvalue weighted by molar-refractivity contribution is -0.157. The summed E-state index contributed by atoms with van der Waals surface area (Å²) < 4.78 is 34.3. The van der Waals surface area contributed by atoms with Crippen LogP contribution in [0.3, 0.4) is 0 Å².